The number of rotatable bonds is 4. The van der Waals surface area contributed by atoms with Gasteiger partial charge in [0.05, 0.1) is 0 Å². The molecule has 1 amide bonds. The second kappa shape index (κ2) is 5.74. The van der Waals surface area contributed by atoms with Crippen LogP contribution in [0, 0.1) is 11.3 Å². The van der Waals surface area contributed by atoms with Gasteiger partial charge in [-0.2, -0.15) is 0 Å². The fourth-order valence-electron chi connectivity index (χ4n) is 2.99. The molecule has 0 radical (unpaired) electrons. The second-order valence-electron chi connectivity index (χ2n) is 6.18. The summed E-state index contributed by atoms with van der Waals surface area (Å²) in [5.41, 5.74) is 7.99. The van der Waals surface area contributed by atoms with Crippen LogP contribution in [0.3, 0.4) is 0 Å². The van der Waals surface area contributed by atoms with Crippen LogP contribution in [0.1, 0.15) is 44.2 Å². The molecule has 0 spiro atoms. The molecule has 1 aromatic carbocycles. The van der Waals surface area contributed by atoms with Gasteiger partial charge in [-0.1, -0.05) is 44.5 Å². The number of nitrogens with one attached hydrogen (secondary N) is 1. The number of amides is 1. The summed E-state index contributed by atoms with van der Waals surface area (Å²) in [4.78, 5) is 12.3. The predicted molar refractivity (Wildman–Crippen MR) is 77.3 cm³/mol. The minimum atomic E-state index is 0.142. The van der Waals surface area contributed by atoms with Crippen LogP contribution >= 0.6 is 0 Å². The highest BCUT2D eigenvalue weighted by Crippen LogP contribution is 2.42. The maximum Gasteiger partial charge on any atom is 0.223 e. The van der Waals surface area contributed by atoms with Crippen LogP contribution in [0.2, 0.25) is 0 Å². The summed E-state index contributed by atoms with van der Waals surface area (Å²) >= 11 is 0. The van der Waals surface area contributed by atoms with E-state index in [9.17, 15) is 4.79 Å². The van der Waals surface area contributed by atoms with Crippen molar-refractivity contribution < 1.29 is 4.79 Å². The SMILES string of the molecule is CC1(C)CCCC1C(=O)NCc1cccc(CN)c1. The lowest BCUT2D eigenvalue weighted by Crippen LogP contribution is -2.35. The van der Waals surface area contributed by atoms with Gasteiger partial charge in [0, 0.05) is 19.0 Å². The van der Waals surface area contributed by atoms with Crippen LogP contribution in [0.15, 0.2) is 24.3 Å². The van der Waals surface area contributed by atoms with Crippen molar-refractivity contribution in [1.29, 1.82) is 0 Å². The Morgan fingerprint density at radius 1 is 1.42 bits per heavy atom. The Kier molecular flexibility index (Phi) is 4.25. The van der Waals surface area contributed by atoms with Gasteiger partial charge in [0.1, 0.15) is 0 Å². The topological polar surface area (TPSA) is 55.1 Å². The first-order chi connectivity index (χ1) is 9.03. The zero-order chi connectivity index (χ0) is 13.9. The molecule has 1 unspecified atom stereocenters. The van der Waals surface area contributed by atoms with E-state index in [1.54, 1.807) is 0 Å². The first-order valence-corrected chi connectivity index (χ1v) is 7.08. The molecule has 1 aliphatic rings. The molecule has 3 heteroatoms. The van der Waals surface area contributed by atoms with Gasteiger partial charge in [-0.25, -0.2) is 0 Å². The molecule has 3 nitrogen and oxygen atoms in total. The average Bonchev–Trinajstić information content (AvgIpc) is 2.76. The van der Waals surface area contributed by atoms with E-state index in [0.717, 1.165) is 30.4 Å². The van der Waals surface area contributed by atoms with Crippen LogP contribution in [0.25, 0.3) is 0 Å². The van der Waals surface area contributed by atoms with Crippen molar-refractivity contribution in [2.45, 2.75) is 46.2 Å². The van der Waals surface area contributed by atoms with Crippen molar-refractivity contribution in [2.24, 2.45) is 17.1 Å². The summed E-state index contributed by atoms with van der Waals surface area (Å²) in [5.74, 6) is 0.353. The van der Waals surface area contributed by atoms with E-state index >= 15 is 0 Å². The Bertz CT molecular complexity index is 454. The molecule has 0 heterocycles. The fourth-order valence-corrected chi connectivity index (χ4v) is 2.99. The molecule has 1 atom stereocenters. The molecule has 0 aromatic heterocycles. The minimum absolute atomic E-state index is 0.142. The van der Waals surface area contributed by atoms with Gasteiger partial charge in [-0.15, -0.1) is 0 Å². The van der Waals surface area contributed by atoms with Gasteiger partial charge in [0.15, 0.2) is 0 Å². The molecule has 0 bridgehead atoms. The number of carbonyl (C=O) groups excluding carboxylic acids is 1. The third-order valence-corrected chi connectivity index (χ3v) is 4.27. The van der Waals surface area contributed by atoms with E-state index in [1.807, 2.05) is 18.2 Å². The highest BCUT2D eigenvalue weighted by Gasteiger charge is 2.38. The summed E-state index contributed by atoms with van der Waals surface area (Å²) in [6.45, 7) is 5.52. The number of hydrogen-bond acceptors (Lipinski definition) is 2. The monoisotopic (exact) mass is 260 g/mol. The number of nitrogens with two attached hydrogens (primary N) is 1. The number of benzene rings is 1. The van der Waals surface area contributed by atoms with E-state index in [-0.39, 0.29) is 17.2 Å². The summed E-state index contributed by atoms with van der Waals surface area (Å²) < 4.78 is 0. The molecule has 3 N–H and O–H groups in total. The lowest BCUT2D eigenvalue weighted by molar-refractivity contribution is -0.127. The molecule has 1 aliphatic carbocycles. The Morgan fingerprint density at radius 3 is 2.79 bits per heavy atom. The van der Waals surface area contributed by atoms with E-state index in [0.29, 0.717) is 13.1 Å². The van der Waals surface area contributed by atoms with Crippen LogP contribution in [-0.4, -0.2) is 5.91 Å². The van der Waals surface area contributed by atoms with Crippen molar-refractivity contribution in [3.63, 3.8) is 0 Å². The maximum atomic E-state index is 12.3. The highest BCUT2D eigenvalue weighted by atomic mass is 16.1. The molecular weight excluding hydrogens is 236 g/mol. The minimum Gasteiger partial charge on any atom is -0.352 e. The van der Waals surface area contributed by atoms with Crippen molar-refractivity contribution in [3.05, 3.63) is 35.4 Å². The fraction of sp³-hybridized carbons (Fsp3) is 0.562. The Morgan fingerprint density at radius 2 is 2.16 bits per heavy atom. The predicted octanol–water partition coefficient (Wildman–Crippen LogP) is 2.59. The van der Waals surface area contributed by atoms with Crippen LogP contribution < -0.4 is 11.1 Å². The molecule has 2 rings (SSSR count). The third kappa shape index (κ3) is 3.35. The quantitative estimate of drug-likeness (QED) is 0.874. The van der Waals surface area contributed by atoms with Crippen molar-refractivity contribution in [3.8, 4) is 0 Å². The van der Waals surface area contributed by atoms with Crippen LogP contribution in [0.5, 0.6) is 0 Å². The summed E-state index contributed by atoms with van der Waals surface area (Å²) in [6, 6.07) is 8.08. The van der Waals surface area contributed by atoms with Gasteiger partial charge >= 0.3 is 0 Å². The van der Waals surface area contributed by atoms with Gasteiger partial charge < -0.3 is 11.1 Å². The van der Waals surface area contributed by atoms with Crippen LogP contribution in [-0.2, 0) is 17.9 Å². The van der Waals surface area contributed by atoms with Crippen molar-refractivity contribution in [1.82, 2.24) is 5.32 Å². The molecule has 1 aromatic rings. The Hall–Kier alpha value is -1.35. The average molecular weight is 260 g/mol. The van der Waals surface area contributed by atoms with Gasteiger partial charge in [0.2, 0.25) is 5.91 Å². The highest BCUT2D eigenvalue weighted by molar-refractivity contribution is 5.79. The smallest absolute Gasteiger partial charge is 0.223 e. The van der Waals surface area contributed by atoms with Crippen molar-refractivity contribution >= 4 is 5.91 Å². The van der Waals surface area contributed by atoms with Gasteiger partial charge in [0.25, 0.3) is 0 Å². The van der Waals surface area contributed by atoms with E-state index in [1.165, 1.54) is 0 Å². The van der Waals surface area contributed by atoms with Crippen molar-refractivity contribution in [2.75, 3.05) is 0 Å². The standard InChI is InChI=1S/C16H24N2O/c1-16(2)8-4-7-14(16)15(19)18-11-13-6-3-5-12(9-13)10-17/h3,5-6,9,14H,4,7-8,10-11,17H2,1-2H3,(H,18,19). The Labute approximate surface area is 115 Å². The molecule has 0 saturated heterocycles. The molecule has 104 valence electrons. The second-order valence-corrected chi connectivity index (χ2v) is 6.18. The molecule has 0 aliphatic heterocycles. The lowest BCUT2D eigenvalue weighted by Gasteiger charge is -2.25. The van der Waals surface area contributed by atoms with E-state index in [4.69, 9.17) is 5.73 Å². The van der Waals surface area contributed by atoms with Gasteiger partial charge in [-0.05, 0) is 29.4 Å². The first kappa shape index (κ1) is 14.1. The zero-order valence-corrected chi connectivity index (χ0v) is 11.9. The lowest BCUT2D eigenvalue weighted by atomic mass is 9.81. The summed E-state index contributed by atoms with van der Waals surface area (Å²) in [6.07, 6.45) is 3.32. The first-order valence-electron chi connectivity index (χ1n) is 7.08. The summed E-state index contributed by atoms with van der Waals surface area (Å²) in [5, 5.41) is 3.07. The molecule has 19 heavy (non-hydrogen) atoms. The maximum absolute atomic E-state index is 12.3. The molecule has 1 saturated carbocycles. The number of hydrogen-bond donors (Lipinski definition) is 2. The van der Waals surface area contributed by atoms with Gasteiger partial charge in [-0.3, -0.25) is 4.79 Å². The van der Waals surface area contributed by atoms with E-state index in [2.05, 4.69) is 25.2 Å². The Balaban J connectivity index is 1.93. The third-order valence-electron chi connectivity index (χ3n) is 4.27. The molecule has 1 fully saturated rings. The van der Waals surface area contributed by atoms with Crippen LogP contribution in [0.4, 0.5) is 0 Å². The normalized spacial score (nSPS) is 21.3. The number of carbonyl (C=O) groups is 1. The van der Waals surface area contributed by atoms with E-state index < -0.39 is 0 Å². The zero-order valence-electron chi connectivity index (χ0n) is 11.9. The summed E-state index contributed by atoms with van der Waals surface area (Å²) in [7, 11) is 0. The molecular formula is C16H24N2O. The largest absolute Gasteiger partial charge is 0.352 e.